The van der Waals surface area contributed by atoms with E-state index >= 15 is 0 Å². The van der Waals surface area contributed by atoms with Gasteiger partial charge >= 0.3 is 0 Å². The van der Waals surface area contributed by atoms with Crippen molar-refractivity contribution in [2.45, 2.75) is 18.2 Å². The van der Waals surface area contributed by atoms with Gasteiger partial charge in [-0.1, -0.05) is 42.1 Å². The maximum absolute atomic E-state index is 13.3. The van der Waals surface area contributed by atoms with Gasteiger partial charge in [-0.2, -0.15) is 5.26 Å². The largest absolute Gasteiger partial charge is 0.467 e. The van der Waals surface area contributed by atoms with Crippen LogP contribution < -0.4 is 10.2 Å². The number of nitrogens with one attached hydrogen (secondary N) is 1. The van der Waals surface area contributed by atoms with E-state index in [0.29, 0.717) is 17.9 Å². The average molecular weight is 447 g/mol. The molecule has 2 aromatic carbocycles. The number of amides is 2. The van der Waals surface area contributed by atoms with Gasteiger partial charge in [-0.3, -0.25) is 14.5 Å². The average Bonchev–Trinajstić information content (AvgIpc) is 3.43. The zero-order chi connectivity index (χ0) is 22.5. The van der Waals surface area contributed by atoms with Gasteiger partial charge in [0, 0.05) is 5.69 Å². The van der Waals surface area contributed by atoms with Gasteiger partial charge < -0.3 is 9.73 Å². The Morgan fingerprint density at radius 2 is 1.88 bits per heavy atom. The molecule has 0 unspecified atom stereocenters. The van der Waals surface area contributed by atoms with E-state index in [2.05, 4.69) is 5.32 Å². The number of thioether (sulfide) groups is 1. The second-order valence-corrected chi connectivity index (χ2v) is 8.19. The van der Waals surface area contributed by atoms with E-state index in [4.69, 9.17) is 4.42 Å². The van der Waals surface area contributed by atoms with Crippen LogP contribution >= 0.6 is 11.8 Å². The molecule has 1 saturated heterocycles. The lowest BCUT2D eigenvalue weighted by Gasteiger charge is -2.18. The fourth-order valence-electron chi connectivity index (χ4n) is 3.30. The molecule has 2 heterocycles. The summed E-state index contributed by atoms with van der Waals surface area (Å²) < 4.78 is 18.5. The van der Waals surface area contributed by atoms with Gasteiger partial charge in [0.05, 0.1) is 18.1 Å². The summed E-state index contributed by atoms with van der Waals surface area (Å²) in [6, 6.07) is 20.2. The molecule has 160 valence electrons. The summed E-state index contributed by atoms with van der Waals surface area (Å²) in [4.78, 5) is 27.5. The Labute approximate surface area is 188 Å². The molecule has 1 atom stereocenters. The van der Waals surface area contributed by atoms with Crippen molar-refractivity contribution in [3.05, 3.63) is 101 Å². The van der Waals surface area contributed by atoms with Crippen LogP contribution in [0, 0.1) is 17.1 Å². The first-order chi connectivity index (χ1) is 15.6. The fourth-order valence-corrected chi connectivity index (χ4v) is 4.61. The quantitative estimate of drug-likeness (QED) is 0.453. The Morgan fingerprint density at radius 3 is 2.53 bits per heavy atom. The van der Waals surface area contributed by atoms with Crippen molar-refractivity contribution in [3.63, 3.8) is 0 Å². The lowest BCUT2D eigenvalue weighted by Crippen LogP contribution is -2.32. The first kappa shape index (κ1) is 21.4. The number of carbonyl (C=O) groups excluding carboxylic acids is 2. The minimum absolute atomic E-state index is 0.118. The number of anilines is 1. The molecule has 1 fully saturated rings. The zero-order valence-corrected chi connectivity index (χ0v) is 17.6. The Balaban J connectivity index is 1.66. The summed E-state index contributed by atoms with van der Waals surface area (Å²) in [5, 5.41) is 12.2. The molecule has 4 rings (SSSR count). The summed E-state index contributed by atoms with van der Waals surface area (Å²) in [6.45, 7) is 0.118. The molecule has 2 amide bonds. The van der Waals surface area contributed by atoms with Gasteiger partial charge in [0.15, 0.2) is 0 Å². The van der Waals surface area contributed by atoms with Crippen molar-refractivity contribution in [2.24, 2.45) is 0 Å². The van der Waals surface area contributed by atoms with Gasteiger partial charge in [-0.05, 0) is 48.4 Å². The highest BCUT2D eigenvalue weighted by Crippen LogP contribution is 2.41. The Bertz CT molecular complexity index is 1190. The van der Waals surface area contributed by atoms with Gasteiger partial charge in [0.2, 0.25) is 5.91 Å². The number of hydrogen-bond acceptors (Lipinski definition) is 5. The topological polar surface area (TPSA) is 86.3 Å². The molecule has 0 aliphatic carbocycles. The molecular weight excluding hydrogens is 429 g/mol. The SMILES string of the molecule is N#C/C(C(=O)NCc1ccco1)=C1/S[C@H](Cc2ccc(F)cc2)C(=O)N1c1ccccc1. The molecule has 0 spiro atoms. The fraction of sp³-hybridized carbons (Fsp3) is 0.125. The third kappa shape index (κ3) is 4.58. The second kappa shape index (κ2) is 9.54. The molecule has 1 aromatic heterocycles. The number of para-hydroxylation sites is 1. The summed E-state index contributed by atoms with van der Waals surface area (Å²) in [5.41, 5.74) is 1.20. The molecule has 0 radical (unpaired) electrons. The Hall–Kier alpha value is -3.83. The van der Waals surface area contributed by atoms with Crippen molar-refractivity contribution in [2.75, 3.05) is 4.90 Å². The minimum Gasteiger partial charge on any atom is -0.467 e. The number of rotatable bonds is 6. The van der Waals surface area contributed by atoms with Crippen LogP contribution in [0.3, 0.4) is 0 Å². The molecule has 1 N–H and O–H groups in total. The third-order valence-electron chi connectivity index (χ3n) is 4.86. The van der Waals surface area contributed by atoms with Crippen molar-refractivity contribution < 1.29 is 18.4 Å². The van der Waals surface area contributed by atoms with E-state index < -0.39 is 11.2 Å². The molecule has 1 aliphatic rings. The first-order valence-electron chi connectivity index (χ1n) is 9.82. The van der Waals surface area contributed by atoms with E-state index in [1.165, 1.54) is 23.3 Å². The highest BCUT2D eigenvalue weighted by Gasteiger charge is 2.40. The van der Waals surface area contributed by atoms with Crippen molar-refractivity contribution in [1.29, 1.82) is 5.26 Å². The first-order valence-corrected chi connectivity index (χ1v) is 10.7. The van der Waals surface area contributed by atoms with E-state index in [1.54, 1.807) is 48.5 Å². The van der Waals surface area contributed by atoms with Crippen LogP contribution in [0.15, 0.2) is 88.0 Å². The van der Waals surface area contributed by atoms with E-state index in [0.717, 1.165) is 17.3 Å². The molecule has 0 saturated carbocycles. The monoisotopic (exact) mass is 447 g/mol. The maximum atomic E-state index is 13.3. The molecule has 1 aliphatic heterocycles. The van der Waals surface area contributed by atoms with Crippen LogP contribution in [0.2, 0.25) is 0 Å². The van der Waals surface area contributed by atoms with Crippen molar-refractivity contribution >= 4 is 29.3 Å². The molecule has 6 nitrogen and oxygen atoms in total. The molecule has 32 heavy (non-hydrogen) atoms. The molecule has 3 aromatic rings. The highest BCUT2D eigenvalue weighted by molar-refractivity contribution is 8.05. The smallest absolute Gasteiger partial charge is 0.265 e. The summed E-state index contributed by atoms with van der Waals surface area (Å²) in [5.74, 6) is -0.648. The van der Waals surface area contributed by atoms with Gasteiger partial charge in [-0.25, -0.2) is 4.39 Å². The minimum atomic E-state index is -0.595. The Morgan fingerprint density at radius 1 is 1.12 bits per heavy atom. The predicted molar refractivity (Wildman–Crippen MR) is 119 cm³/mol. The Kier molecular flexibility index (Phi) is 6.38. The lowest BCUT2D eigenvalue weighted by atomic mass is 10.1. The number of benzene rings is 2. The van der Waals surface area contributed by atoms with Crippen molar-refractivity contribution in [1.82, 2.24) is 5.32 Å². The van der Waals surface area contributed by atoms with Crippen LogP contribution in [-0.2, 0) is 22.6 Å². The second-order valence-electron chi connectivity index (χ2n) is 7.00. The number of furan rings is 1. The van der Waals surface area contributed by atoms with Gasteiger partial charge in [-0.15, -0.1) is 0 Å². The predicted octanol–water partition coefficient (Wildman–Crippen LogP) is 4.16. The van der Waals surface area contributed by atoms with Crippen LogP contribution in [-0.4, -0.2) is 17.1 Å². The number of hydrogen-bond donors (Lipinski definition) is 1. The van der Waals surface area contributed by atoms with Crippen LogP contribution in [0.1, 0.15) is 11.3 Å². The summed E-state index contributed by atoms with van der Waals surface area (Å²) in [7, 11) is 0. The highest BCUT2D eigenvalue weighted by atomic mass is 32.2. The molecular formula is C24H18FN3O3S. The van der Waals surface area contributed by atoms with E-state index in [9.17, 15) is 19.2 Å². The van der Waals surface area contributed by atoms with Crippen LogP contribution in [0.4, 0.5) is 10.1 Å². The number of nitrogens with zero attached hydrogens (tertiary/aromatic N) is 2. The van der Waals surface area contributed by atoms with Crippen LogP contribution in [0.25, 0.3) is 0 Å². The van der Waals surface area contributed by atoms with Gasteiger partial charge in [0.25, 0.3) is 5.91 Å². The normalized spacial score (nSPS) is 17.2. The van der Waals surface area contributed by atoms with Crippen LogP contribution in [0.5, 0.6) is 0 Å². The zero-order valence-electron chi connectivity index (χ0n) is 16.8. The summed E-state index contributed by atoms with van der Waals surface area (Å²) in [6.07, 6.45) is 1.83. The standard InChI is InChI=1S/C24H18FN3O3S/c25-17-10-8-16(9-11-17)13-21-23(30)28(18-5-2-1-3-6-18)24(32-21)20(14-26)22(29)27-15-19-7-4-12-31-19/h1-12,21H,13,15H2,(H,27,29)/b24-20-/t21-/m1/s1. The maximum Gasteiger partial charge on any atom is 0.265 e. The summed E-state index contributed by atoms with van der Waals surface area (Å²) >= 11 is 1.16. The van der Waals surface area contributed by atoms with Crippen molar-refractivity contribution in [3.8, 4) is 6.07 Å². The van der Waals surface area contributed by atoms with E-state index in [1.807, 2.05) is 12.1 Å². The molecule has 0 bridgehead atoms. The van der Waals surface area contributed by atoms with E-state index in [-0.39, 0.29) is 28.9 Å². The number of nitriles is 1. The molecule has 8 heteroatoms. The lowest BCUT2D eigenvalue weighted by molar-refractivity contribution is -0.117. The third-order valence-corrected chi connectivity index (χ3v) is 6.12. The number of carbonyl (C=O) groups is 2. The number of halogens is 1. The van der Waals surface area contributed by atoms with Gasteiger partial charge in [0.1, 0.15) is 28.2 Å².